The van der Waals surface area contributed by atoms with Crippen molar-refractivity contribution in [2.75, 3.05) is 5.32 Å². The molecule has 3 aromatic rings. The zero-order chi connectivity index (χ0) is 18.3. The third kappa shape index (κ3) is 2.99. The predicted octanol–water partition coefficient (Wildman–Crippen LogP) is 3.10. The first kappa shape index (κ1) is 16.5. The molecule has 0 spiro atoms. The molecule has 8 heteroatoms. The molecule has 0 fully saturated rings. The lowest BCUT2D eigenvalue weighted by Crippen LogP contribution is -2.09. The van der Waals surface area contributed by atoms with Crippen molar-refractivity contribution in [2.45, 2.75) is 26.3 Å². The van der Waals surface area contributed by atoms with Gasteiger partial charge in [0.15, 0.2) is 0 Å². The summed E-state index contributed by atoms with van der Waals surface area (Å²) >= 11 is 1.30. The van der Waals surface area contributed by atoms with Crippen molar-refractivity contribution in [3.05, 3.63) is 51.5 Å². The summed E-state index contributed by atoms with van der Waals surface area (Å²) < 4.78 is 5.69. The molecule has 26 heavy (non-hydrogen) atoms. The molecule has 3 N–H and O–H groups in total. The summed E-state index contributed by atoms with van der Waals surface area (Å²) in [7, 11) is 0. The van der Waals surface area contributed by atoms with Crippen LogP contribution in [0.3, 0.4) is 0 Å². The maximum absolute atomic E-state index is 11.3. The van der Waals surface area contributed by atoms with E-state index in [0.717, 1.165) is 28.1 Å². The van der Waals surface area contributed by atoms with E-state index in [1.807, 2.05) is 26.0 Å². The van der Waals surface area contributed by atoms with Crippen LogP contribution in [-0.4, -0.2) is 27.1 Å². The van der Waals surface area contributed by atoms with Crippen molar-refractivity contribution >= 4 is 28.8 Å². The van der Waals surface area contributed by atoms with Gasteiger partial charge in [-0.3, -0.25) is 4.79 Å². The lowest BCUT2D eigenvalue weighted by molar-refractivity contribution is 0.100. The minimum atomic E-state index is -0.461. The van der Waals surface area contributed by atoms with Crippen molar-refractivity contribution in [3.8, 4) is 11.5 Å². The van der Waals surface area contributed by atoms with Crippen LogP contribution in [0, 0.1) is 0 Å². The number of nitrogens with two attached hydrogens (primary N) is 1. The topological polar surface area (TPSA) is 107 Å². The number of rotatable bonds is 5. The summed E-state index contributed by atoms with van der Waals surface area (Å²) in [5.74, 6) is -0.00322. The summed E-state index contributed by atoms with van der Waals surface area (Å²) in [5.41, 5.74) is 9.43. The molecular formula is C18H17N5O2S. The Kier molecular flexibility index (Phi) is 4.04. The third-order valence-electron chi connectivity index (χ3n) is 3.99. The number of aromatic nitrogens is 3. The Balaban J connectivity index is 1.67. The molecular weight excluding hydrogens is 350 g/mol. The second-order valence-electron chi connectivity index (χ2n) is 6.30. The second kappa shape index (κ2) is 6.38. The van der Waals surface area contributed by atoms with E-state index in [1.54, 1.807) is 0 Å². The first-order valence-electron chi connectivity index (χ1n) is 8.21. The Hall–Kier alpha value is -3.00. The van der Waals surface area contributed by atoms with Gasteiger partial charge in [0, 0.05) is 17.2 Å². The third-order valence-corrected chi connectivity index (χ3v) is 5.03. The van der Waals surface area contributed by atoms with Gasteiger partial charge >= 0.3 is 6.01 Å². The van der Waals surface area contributed by atoms with Crippen LogP contribution in [0.1, 0.15) is 39.7 Å². The lowest BCUT2D eigenvalue weighted by Gasteiger charge is -2.05. The van der Waals surface area contributed by atoms with Crippen LogP contribution in [0.25, 0.3) is 17.0 Å². The number of nitrogens with zero attached hydrogens (tertiary/aromatic N) is 3. The molecule has 1 aliphatic carbocycles. The molecule has 0 bridgehead atoms. The highest BCUT2D eigenvalue weighted by molar-refractivity contribution is 7.14. The summed E-state index contributed by atoms with van der Waals surface area (Å²) in [6.07, 6.45) is 4.45. The summed E-state index contributed by atoms with van der Waals surface area (Å²) in [6.45, 7) is 4.01. The quantitative estimate of drug-likeness (QED) is 0.717. The van der Waals surface area contributed by atoms with Crippen LogP contribution in [0.5, 0.6) is 0 Å². The van der Waals surface area contributed by atoms with Gasteiger partial charge in [0.1, 0.15) is 9.88 Å². The molecule has 0 atom stereocenters. The van der Waals surface area contributed by atoms with Gasteiger partial charge in [-0.25, -0.2) is 4.98 Å². The molecule has 1 aromatic carbocycles. The van der Waals surface area contributed by atoms with Crippen molar-refractivity contribution in [1.82, 2.24) is 15.2 Å². The Bertz CT molecular complexity index is 1020. The molecule has 4 rings (SSSR count). The van der Waals surface area contributed by atoms with Gasteiger partial charge in [0.05, 0.1) is 6.20 Å². The molecule has 2 heterocycles. The summed E-state index contributed by atoms with van der Waals surface area (Å²) in [4.78, 5) is 16.1. The highest BCUT2D eigenvalue weighted by atomic mass is 32.1. The first-order valence-corrected chi connectivity index (χ1v) is 9.03. The van der Waals surface area contributed by atoms with Crippen LogP contribution in [0.15, 0.2) is 34.9 Å². The largest absolute Gasteiger partial charge is 0.403 e. The predicted molar refractivity (Wildman–Crippen MR) is 99.9 cm³/mol. The monoisotopic (exact) mass is 367 g/mol. The number of carbonyl (C=O) groups excluding carboxylic acids is 1. The van der Waals surface area contributed by atoms with Gasteiger partial charge in [-0.1, -0.05) is 17.2 Å². The van der Waals surface area contributed by atoms with Crippen LogP contribution in [0.2, 0.25) is 0 Å². The number of carbonyl (C=O) groups is 1. The lowest BCUT2D eigenvalue weighted by atomic mass is 10.0. The van der Waals surface area contributed by atoms with Crippen LogP contribution in [0.4, 0.5) is 6.01 Å². The normalized spacial score (nSPS) is 13.0. The zero-order valence-corrected chi connectivity index (χ0v) is 15.1. The Morgan fingerprint density at radius 1 is 1.35 bits per heavy atom. The first-order chi connectivity index (χ1) is 12.5. The smallest absolute Gasteiger partial charge is 0.315 e. The number of allylic oxidation sites excluding steroid dienone is 1. The Morgan fingerprint density at radius 2 is 2.19 bits per heavy atom. The fourth-order valence-electron chi connectivity index (χ4n) is 2.82. The Labute approximate surface area is 154 Å². The molecule has 1 amide bonds. The van der Waals surface area contributed by atoms with E-state index in [4.69, 9.17) is 10.2 Å². The minimum absolute atomic E-state index is 0.210. The highest BCUT2D eigenvalue weighted by Crippen LogP contribution is 2.37. The van der Waals surface area contributed by atoms with Gasteiger partial charge in [0.25, 0.3) is 5.91 Å². The fourth-order valence-corrected chi connectivity index (χ4v) is 3.64. The average molecular weight is 367 g/mol. The summed E-state index contributed by atoms with van der Waals surface area (Å²) in [6, 6.07) is 6.65. The number of primary amides is 1. The van der Waals surface area contributed by atoms with Crippen molar-refractivity contribution in [2.24, 2.45) is 5.73 Å². The van der Waals surface area contributed by atoms with Crippen LogP contribution < -0.4 is 11.1 Å². The molecule has 0 unspecified atom stereocenters. The molecule has 7 nitrogen and oxygen atoms in total. The number of hydrogen-bond donors (Lipinski definition) is 2. The molecule has 0 radical (unpaired) electrons. The number of anilines is 1. The number of nitrogens with one attached hydrogen (secondary N) is 1. The van der Waals surface area contributed by atoms with E-state index < -0.39 is 5.91 Å². The number of hydrogen-bond acceptors (Lipinski definition) is 7. The maximum Gasteiger partial charge on any atom is 0.315 e. The number of amides is 1. The number of benzene rings is 1. The van der Waals surface area contributed by atoms with E-state index in [1.165, 1.54) is 23.1 Å². The van der Waals surface area contributed by atoms with Crippen LogP contribution >= 0.6 is 11.3 Å². The van der Waals surface area contributed by atoms with Gasteiger partial charge < -0.3 is 15.5 Å². The number of thiazole rings is 1. The SMILES string of the molecule is CC(C)Nc1nnc(-c2ccc3c(c2)C(c2ncc(C(N)=O)s2)=CC3)o1. The van der Waals surface area contributed by atoms with E-state index >= 15 is 0 Å². The maximum atomic E-state index is 11.3. The van der Waals surface area contributed by atoms with Crippen molar-refractivity contribution in [1.29, 1.82) is 0 Å². The van der Waals surface area contributed by atoms with E-state index in [9.17, 15) is 4.79 Å². The standard InChI is InChI=1S/C18H17N5O2S/c1-9(2)21-18-23-22-16(25-18)11-4-3-10-5-6-12(13(10)7-11)17-20-8-14(26-17)15(19)24/h3-4,6-9H,5H2,1-2H3,(H2,19,24)(H,21,23). The highest BCUT2D eigenvalue weighted by Gasteiger charge is 2.21. The van der Waals surface area contributed by atoms with Crippen LogP contribution in [-0.2, 0) is 6.42 Å². The molecule has 2 aromatic heterocycles. The van der Waals surface area contributed by atoms with E-state index in [-0.39, 0.29) is 6.04 Å². The van der Waals surface area contributed by atoms with Gasteiger partial charge in [-0.2, -0.15) is 0 Å². The molecule has 0 saturated carbocycles. The van der Waals surface area contributed by atoms with Gasteiger partial charge in [0.2, 0.25) is 5.89 Å². The van der Waals surface area contributed by atoms with E-state index in [2.05, 4.69) is 32.6 Å². The van der Waals surface area contributed by atoms with Crippen molar-refractivity contribution < 1.29 is 9.21 Å². The van der Waals surface area contributed by atoms with Gasteiger partial charge in [-0.15, -0.1) is 16.4 Å². The second-order valence-corrected chi connectivity index (χ2v) is 7.33. The van der Waals surface area contributed by atoms with E-state index in [0.29, 0.717) is 16.8 Å². The molecule has 132 valence electrons. The molecule has 1 aliphatic rings. The van der Waals surface area contributed by atoms with Crippen molar-refractivity contribution in [3.63, 3.8) is 0 Å². The number of fused-ring (bicyclic) bond motifs is 1. The van der Waals surface area contributed by atoms with Gasteiger partial charge in [-0.05, 0) is 43.5 Å². The Morgan fingerprint density at radius 3 is 2.92 bits per heavy atom. The zero-order valence-electron chi connectivity index (χ0n) is 14.3. The fraction of sp³-hybridized carbons (Fsp3) is 0.222. The summed E-state index contributed by atoms with van der Waals surface area (Å²) in [5, 5.41) is 12.0. The molecule has 0 aliphatic heterocycles. The molecule has 0 saturated heterocycles. The minimum Gasteiger partial charge on any atom is -0.403 e. The average Bonchev–Trinajstić information content (AvgIpc) is 3.32.